The van der Waals surface area contributed by atoms with E-state index in [2.05, 4.69) is 5.32 Å². The molecule has 0 atom stereocenters. The van der Waals surface area contributed by atoms with Crippen molar-refractivity contribution < 1.29 is 0 Å². The van der Waals surface area contributed by atoms with Crippen molar-refractivity contribution in [3.05, 3.63) is 0 Å². The summed E-state index contributed by atoms with van der Waals surface area (Å²) in [4.78, 5) is 0. The lowest BCUT2D eigenvalue weighted by molar-refractivity contribution is -0.0358. The second-order valence-corrected chi connectivity index (χ2v) is 7.55. The molecule has 1 heteroatoms. The minimum Gasteiger partial charge on any atom is -0.316 e. The van der Waals surface area contributed by atoms with Gasteiger partial charge in [-0.25, -0.2) is 0 Å². The van der Waals surface area contributed by atoms with Crippen molar-refractivity contribution in [3.8, 4) is 0 Å². The average Bonchev–Trinajstić information content (AvgIpc) is 2.23. The van der Waals surface area contributed by atoms with Gasteiger partial charge in [0.2, 0.25) is 0 Å². The second-order valence-electron chi connectivity index (χ2n) is 7.55. The number of rotatable bonds is 4. The molecular formula is C16H27N. The van der Waals surface area contributed by atoms with Crippen molar-refractivity contribution >= 4 is 0 Å². The molecule has 0 heterocycles. The molecule has 5 rings (SSSR count). The predicted octanol–water partition coefficient (Wildman–Crippen LogP) is 3.45. The third kappa shape index (κ3) is 1.95. The molecule has 0 amide bonds. The van der Waals surface area contributed by atoms with Crippen molar-refractivity contribution in [2.45, 2.75) is 51.4 Å². The molecule has 5 saturated carbocycles. The zero-order valence-electron chi connectivity index (χ0n) is 11.0. The highest BCUT2D eigenvalue weighted by Crippen LogP contribution is 2.56. The highest BCUT2D eigenvalue weighted by atomic mass is 14.9. The largest absolute Gasteiger partial charge is 0.316 e. The zero-order chi connectivity index (χ0) is 11.2. The van der Waals surface area contributed by atoms with E-state index in [1.807, 2.05) is 0 Å². The molecule has 96 valence electrons. The molecule has 0 aromatic heterocycles. The van der Waals surface area contributed by atoms with Crippen molar-refractivity contribution in [2.75, 3.05) is 13.1 Å². The Morgan fingerprint density at radius 1 is 0.765 bits per heavy atom. The summed E-state index contributed by atoms with van der Waals surface area (Å²) < 4.78 is 0. The van der Waals surface area contributed by atoms with Crippen LogP contribution < -0.4 is 5.32 Å². The maximum Gasteiger partial charge on any atom is -0.00151 e. The first kappa shape index (κ1) is 10.8. The molecular weight excluding hydrogens is 206 g/mol. The van der Waals surface area contributed by atoms with Crippen molar-refractivity contribution in [1.29, 1.82) is 0 Å². The van der Waals surface area contributed by atoms with Crippen LogP contribution in [-0.2, 0) is 0 Å². The Hall–Kier alpha value is -0.0400. The molecule has 5 aliphatic carbocycles. The van der Waals surface area contributed by atoms with Gasteiger partial charge < -0.3 is 5.32 Å². The summed E-state index contributed by atoms with van der Waals surface area (Å²) in [6, 6.07) is 0. The fourth-order valence-electron chi connectivity index (χ4n) is 5.52. The van der Waals surface area contributed by atoms with E-state index in [0.29, 0.717) is 0 Å². The van der Waals surface area contributed by atoms with Crippen LogP contribution in [0.5, 0.6) is 0 Å². The van der Waals surface area contributed by atoms with Gasteiger partial charge in [-0.05, 0) is 93.5 Å². The van der Waals surface area contributed by atoms with E-state index >= 15 is 0 Å². The molecule has 1 nitrogen and oxygen atoms in total. The summed E-state index contributed by atoms with van der Waals surface area (Å²) in [6.07, 6.45) is 12.4. The van der Waals surface area contributed by atoms with Gasteiger partial charge in [0.1, 0.15) is 0 Å². The Morgan fingerprint density at radius 3 is 1.94 bits per heavy atom. The van der Waals surface area contributed by atoms with Crippen LogP contribution in [0.1, 0.15) is 51.4 Å². The molecule has 1 N–H and O–H groups in total. The van der Waals surface area contributed by atoms with E-state index in [1.54, 1.807) is 32.1 Å². The quantitative estimate of drug-likeness (QED) is 0.784. The second kappa shape index (κ2) is 4.26. The summed E-state index contributed by atoms with van der Waals surface area (Å²) in [5.41, 5.74) is 0. The first-order valence-electron chi connectivity index (χ1n) is 8.09. The van der Waals surface area contributed by atoms with Crippen LogP contribution in [0, 0.1) is 35.5 Å². The van der Waals surface area contributed by atoms with Crippen molar-refractivity contribution in [3.63, 3.8) is 0 Å². The Labute approximate surface area is 106 Å². The molecule has 0 radical (unpaired) electrons. The predicted molar refractivity (Wildman–Crippen MR) is 70.7 cm³/mol. The summed E-state index contributed by atoms with van der Waals surface area (Å²) >= 11 is 0. The summed E-state index contributed by atoms with van der Waals surface area (Å²) in [5.74, 6) is 6.59. The van der Waals surface area contributed by atoms with Gasteiger partial charge >= 0.3 is 0 Å². The van der Waals surface area contributed by atoms with Crippen molar-refractivity contribution in [2.24, 2.45) is 35.5 Å². The first-order valence-corrected chi connectivity index (χ1v) is 8.09. The molecule has 0 aliphatic heterocycles. The van der Waals surface area contributed by atoms with E-state index in [9.17, 15) is 0 Å². The van der Waals surface area contributed by atoms with Gasteiger partial charge in [-0.2, -0.15) is 0 Å². The molecule has 4 bridgehead atoms. The standard InChI is InChI=1S/C16H27N/c1-2-11(3-1)9-17-10-16-14-5-12-4-13(7-14)8-15(16)6-12/h11-17H,1-10H2. The van der Waals surface area contributed by atoms with Crippen LogP contribution in [0.3, 0.4) is 0 Å². The Morgan fingerprint density at radius 2 is 1.41 bits per heavy atom. The Bertz CT molecular complexity index is 253. The summed E-state index contributed by atoms with van der Waals surface area (Å²) in [7, 11) is 0. The van der Waals surface area contributed by atoms with E-state index < -0.39 is 0 Å². The average molecular weight is 233 g/mol. The third-order valence-corrected chi connectivity index (χ3v) is 6.46. The fourth-order valence-corrected chi connectivity index (χ4v) is 5.52. The molecule has 0 aromatic carbocycles. The van der Waals surface area contributed by atoms with Gasteiger partial charge in [-0.1, -0.05) is 6.42 Å². The van der Waals surface area contributed by atoms with Crippen LogP contribution in [0.15, 0.2) is 0 Å². The Kier molecular flexibility index (Phi) is 2.72. The lowest BCUT2D eigenvalue weighted by atomic mass is 9.52. The smallest absolute Gasteiger partial charge is 0.00151 e. The number of nitrogens with one attached hydrogen (secondary N) is 1. The topological polar surface area (TPSA) is 12.0 Å². The van der Waals surface area contributed by atoms with Gasteiger partial charge in [0.25, 0.3) is 0 Å². The zero-order valence-corrected chi connectivity index (χ0v) is 11.0. The molecule has 5 aliphatic rings. The highest BCUT2D eigenvalue weighted by Gasteiger charge is 2.47. The minimum absolute atomic E-state index is 1.03. The SMILES string of the molecule is C1CC(CNCC2C3CC4CC(C3)CC2C4)C1. The van der Waals surface area contributed by atoms with E-state index in [1.165, 1.54) is 32.4 Å². The first-order chi connectivity index (χ1) is 8.38. The van der Waals surface area contributed by atoms with E-state index in [4.69, 9.17) is 0 Å². The normalized spacial score (nSPS) is 48.4. The third-order valence-electron chi connectivity index (χ3n) is 6.46. The van der Waals surface area contributed by atoms with Gasteiger partial charge in [-0.15, -0.1) is 0 Å². The van der Waals surface area contributed by atoms with E-state index in [0.717, 1.165) is 35.5 Å². The molecule has 17 heavy (non-hydrogen) atoms. The molecule has 0 unspecified atom stereocenters. The van der Waals surface area contributed by atoms with Crippen LogP contribution >= 0.6 is 0 Å². The number of hydrogen-bond acceptors (Lipinski definition) is 1. The van der Waals surface area contributed by atoms with Crippen LogP contribution in [0.25, 0.3) is 0 Å². The maximum absolute atomic E-state index is 3.82. The highest BCUT2D eigenvalue weighted by molar-refractivity contribution is 4.98. The minimum atomic E-state index is 1.03. The van der Waals surface area contributed by atoms with Gasteiger partial charge in [0.15, 0.2) is 0 Å². The van der Waals surface area contributed by atoms with Crippen LogP contribution in [-0.4, -0.2) is 13.1 Å². The monoisotopic (exact) mass is 233 g/mol. The van der Waals surface area contributed by atoms with Crippen LogP contribution in [0.2, 0.25) is 0 Å². The Balaban J connectivity index is 1.31. The fraction of sp³-hybridized carbons (Fsp3) is 1.00. The number of hydrogen-bond donors (Lipinski definition) is 1. The van der Waals surface area contributed by atoms with Gasteiger partial charge in [0, 0.05) is 0 Å². The molecule has 0 saturated heterocycles. The van der Waals surface area contributed by atoms with E-state index in [-0.39, 0.29) is 0 Å². The van der Waals surface area contributed by atoms with Gasteiger partial charge in [-0.3, -0.25) is 0 Å². The molecule has 0 aromatic rings. The molecule has 0 spiro atoms. The van der Waals surface area contributed by atoms with Crippen molar-refractivity contribution in [1.82, 2.24) is 5.32 Å². The lowest BCUT2D eigenvalue weighted by Gasteiger charge is -2.54. The maximum atomic E-state index is 3.82. The summed E-state index contributed by atoms with van der Waals surface area (Å²) in [6.45, 7) is 2.67. The lowest BCUT2D eigenvalue weighted by Crippen LogP contribution is -2.48. The summed E-state index contributed by atoms with van der Waals surface area (Å²) in [5, 5.41) is 3.82. The molecule has 5 fully saturated rings. The van der Waals surface area contributed by atoms with Gasteiger partial charge in [0.05, 0.1) is 0 Å². The van der Waals surface area contributed by atoms with Crippen LogP contribution in [0.4, 0.5) is 0 Å².